The van der Waals surface area contributed by atoms with Gasteiger partial charge in [0.2, 0.25) is 0 Å². The summed E-state index contributed by atoms with van der Waals surface area (Å²) in [5.41, 5.74) is 0.391. The van der Waals surface area contributed by atoms with Gasteiger partial charge in [0.1, 0.15) is 18.1 Å². The Morgan fingerprint density at radius 1 is 1.33 bits per heavy atom. The molecule has 0 saturated carbocycles. The molecule has 0 rings (SSSR count). The van der Waals surface area contributed by atoms with Crippen LogP contribution in [0.5, 0.6) is 0 Å². The minimum Gasteiger partial charge on any atom is -0.499 e. The lowest BCUT2D eigenvalue weighted by Gasteiger charge is -2.03. The van der Waals surface area contributed by atoms with Crippen LogP contribution < -0.4 is 0 Å². The fourth-order valence-electron chi connectivity index (χ4n) is 0.875. The van der Waals surface area contributed by atoms with E-state index in [9.17, 15) is 4.79 Å². The second kappa shape index (κ2) is 7.82. The van der Waals surface area contributed by atoms with Crippen molar-refractivity contribution in [3.8, 4) is 0 Å². The third kappa shape index (κ3) is 5.02. The Kier molecular flexibility index (Phi) is 7.01. The minimum atomic E-state index is -0.161. The quantitative estimate of drug-likeness (QED) is 0.298. The van der Waals surface area contributed by atoms with E-state index in [1.165, 1.54) is 14.2 Å². The zero-order chi connectivity index (χ0) is 11.7. The summed E-state index contributed by atoms with van der Waals surface area (Å²) in [5.74, 6) is 0.779. The van der Waals surface area contributed by atoms with Crippen molar-refractivity contribution in [1.29, 1.82) is 0 Å². The predicted octanol–water partition coefficient (Wildman–Crippen LogP) is 1.18. The summed E-state index contributed by atoms with van der Waals surface area (Å²) in [6.45, 7) is 3.40. The number of ether oxygens (including phenoxy) is 2. The van der Waals surface area contributed by atoms with Gasteiger partial charge < -0.3 is 14.6 Å². The van der Waals surface area contributed by atoms with Gasteiger partial charge in [-0.3, -0.25) is 4.79 Å². The molecule has 0 aromatic carbocycles. The number of methoxy groups -OCH3 is 2. The molecule has 4 heteroatoms. The van der Waals surface area contributed by atoms with Crippen LogP contribution in [0.15, 0.2) is 35.8 Å². The van der Waals surface area contributed by atoms with Crippen LogP contribution >= 0.6 is 0 Å². The molecule has 0 radical (unpaired) electrons. The van der Waals surface area contributed by atoms with Gasteiger partial charge in [0.05, 0.1) is 19.8 Å². The molecular formula is C11H16O4. The number of rotatable bonds is 7. The second-order valence-electron chi connectivity index (χ2n) is 2.67. The van der Waals surface area contributed by atoms with Gasteiger partial charge >= 0.3 is 0 Å². The predicted molar refractivity (Wildman–Crippen MR) is 57.1 cm³/mol. The second-order valence-corrected chi connectivity index (χ2v) is 2.67. The van der Waals surface area contributed by atoms with Gasteiger partial charge in [0.25, 0.3) is 0 Å². The van der Waals surface area contributed by atoms with Crippen LogP contribution in [0, 0.1) is 0 Å². The Balaban J connectivity index is 4.41. The molecule has 0 amide bonds. The van der Waals surface area contributed by atoms with E-state index in [-0.39, 0.29) is 6.61 Å². The lowest BCUT2D eigenvalue weighted by Crippen LogP contribution is -1.94. The number of aliphatic hydroxyl groups excluding tert-OH is 1. The van der Waals surface area contributed by atoms with Crippen LogP contribution in [-0.2, 0) is 14.3 Å². The van der Waals surface area contributed by atoms with Crippen LogP contribution in [-0.4, -0.2) is 32.2 Å². The van der Waals surface area contributed by atoms with E-state index in [1.807, 2.05) is 0 Å². The van der Waals surface area contributed by atoms with E-state index in [0.29, 0.717) is 29.8 Å². The largest absolute Gasteiger partial charge is 0.499 e. The summed E-state index contributed by atoms with van der Waals surface area (Å²) < 4.78 is 9.66. The molecule has 0 aromatic rings. The third-order valence-electron chi connectivity index (χ3n) is 1.80. The molecule has 0 fully saturated rings. The molecule has 0 saturated heterocycles. The zero-order valence-corrected chi connectivity index (χ0v) is 9.03. The van der Waals surface area contributed by atoms with Crippen molar-refractivity contribution in [2.75, 3.05) is 20.8 Å². The van der Waals surface area contributed by atoms with Crippen molar-refractivity contribution in [3.05, 3.63) is 35.8 Å². The number of aliphatic hydroxyl groups is 1. The van der Waals surface area contributed by atoms with Crippen molar-refractivity contribution in [2.24, 2.45) is 0 Å². The highest BCUT2D eigenvalue weighted by molar-refractivity contribution is 5.78. The Bertz CT molecular complexity index is 270. The molecule has 0 bridgehead atoms. The van der Waals surface area contributed by atoms with E-state index < -0.39 is 0 Å². The van der Waals surface area contributed by atoms with Crippen molar-refractivity contribution < 1.29 is 19.4 Å². The van der Waals surface area contributed by atoms with Gasteiger partial charge in [0, 0.05) is 0 Å². The molecule has 15 heavy (non-hydrogen) atoms. The lowest BCUT2D eigenvalue weighted by atomic mass is 10.2. The first-order valence-electron chi connectivity index (χ1n) is 4.42. The molecule has 1 N–H and O–H groups in total. The summed E-state index contributed by atoms with van der Waals surface area (Å²) in [7, 11) is 2.92. The Labute approximate surface area is 89.5 Å². The molecule has 0 unspecified atom stereocenters. The van der Waals surface area contributed by atoms with E-state index in [0.717, 1.165) is 0 Å². The minimum absolute atomic E-state index is 0.161. The number of aldehydes is 1. The molecule has 0 aliphatic heterocycles. The van der Waals surface area contributed by atoms with Crippen LogP contribution in [0.3, 0.4) is 0 Å². The number of carbonyl (C=O) groups excluding carboxylic acids is 1. The molecule has 0 spiro atoms. The summed E-state index contributed by atoms with van der Waals surface area (Å²) in [6, 6.07) is 0. The van der Waals surface area contributed by atoms with E-state index in [2.05, 4.69) is 6.58 Å². The first-order chi connectivity index (χ1) is 7.19. The summed E-state index contributed by atoms with van der Waals surface area (Å²) in [5, 5.41) is 8.78. The van der Waals surface area contributed by atoms with Crippen LogP contribution in [0.1, 0.15) is 6.42 Å². The maximum atomic E-state index is 10.6. The van der Waals surface area contributed by atoms with Gasteiger partial charge in [-0.05, 0) is 12.5 Å². The number of hydrogen-bond acceptors (Lipinski definition) is 4. The third-order valence-corrected chi connectivity index (χ3v) is 1.80. The molecule has 0 heterocycles. The van der Waals surface area contributed by atoms with Gasteiger partial charge in [-0.15, -0.1) is 0 Å². The smallest absolute Gasteiger partial charge is 0.153 e. The Morgan fingerprint density at radius 3 is 2.40 bits per heavy atom. The first-order valence-corrected chi connectivity index (χ1v) is 4.42. The highest BCUT2D eigenvalue weighted by Crippen LogP contribution is 2.07. The van der Waals surface area contributed by atoms with Crippen molar-refractivity contribution >= 4 is 6.29 Å². The highest BCUT2D eigenvalue weighted by Gasteiger charge is 1.99. The standard InChI is InChI=1S/C11H16O4/c1-9(14-2)10(7-12)5-4-6-11(8-13)15-3/h5-7,13H,1,4,8H2,2-3H3/b10-5-,11-6+. The van der Waals surface area contributed by atoms with Crippen LogP contribution in [0.4, 0.5) is 0 Å². The normalized spacial score (nSPS) is 12.2. The highest BCUT2D eigenvalue weighted by atomic mass is 16.5. The Hall–Kier alpha value is -1.55. The van der Waals surface area contributed by atoms with Gasteiger partial charge in [-0.1, -0.05) is 12.7 Å². The maximum absolute atomic E-state index is 10.6. The van der Waals surface area contributed by atoms with Crippen molar-refractivity contribution in [1.82, 2.24) is 0 Å². The zero-order valence-electron chi connectivity index (χ0n) is 9.03. The van der Waals surface area contributed by atoms with Crippen molar-refractivity contribution in [2.45, 2.75) is 6.42 Å². The summed E-state index contributed by atoms with van der Waals surface area (Å²) >= 11 is 0. The fraction of sp³-hybridized carbons (Fsp3) is 0.364. The van der Waals surface area contributed by atoms with Crippen LogP contribution in [0.2, 0.25) is 0 Å². The van der Waals surface area contributed by atoms with Gasteiger partial charge in [-0.2, -0.15) is 0 Å². The van der Waals surface area contributed by atoms with Gasteiger partial charge in [0.15, 0.2) is 6.29 Å². The molecule has 0 aromatic heterocycles. The van der Waals surface area contributed by atoms with Gasteiger partial charge in [-0.25, -0.2) is 0 Å². The molecular weight excluding hydrogens is 196 g/mol. The topological polar surface area (TPSA) is 55.8 Å². The molecule has 4 nitrogen and oxygen atoms in total. The number of hydrogen-bond donors (Lipinski definition) is 1. The maximum Gasteiger partial charge on any atom is 0.153 e. The fourth-order valence-corrected chi connectivity index (χ4v) is 0.875. The molecule has 0 atom stereocenters. The lowest BCUT2D eigenvalue weighted by molar-refractivity contribution is -0.105. The van der Waals surface area contributed by atoms with E-state index >= 15 is 0 Å². The van der Waals surface area contributed by atoms with E-state index in [1.54, 1.807) is 12.2 Å². The van der Waals surface area contributed by atoms with Crippen LogP contribution in [0.25, 0.3) is 0 Å². The summed E-state index contributed by atoms with van der Waals surface area (Å²) in [6.07, 6.45) is 4.46. The van der Waals surface area contributed by atoms with Crippen molar-refractivity contribution in [3.63, 3.8) is 0 Å². The number of allylic oxidation sites excluding steroid dienone is 3. The molecule has 0 aliphatic rings. The Morgan fingerprint density at radius 2 is 2.00 bits per heavy atom. The monoisotopic (exact) mass is 212 g/mol. The molecule has 84 valence electrons. The summed E-state index contributed by atoms with van der Waals surface area (Å²) in [4.78, 5) is 10.6. The average Bonchev–Trinajstić information content (AvgIpc) is 2.28. The average molecular weight is 212 g/mol. The first kappa shape index (κ1) is 13.4. The number of carbonyl (C=O) groups is 1. The molecule has 0 aliphatic carbocycles. The SMILES string of the molecule is C=C(OC)/C(C=O)=C\C/C=C(\CO)OC. The van der Waals surface area contributed by atoms with E-state index in [4.69, 9.17) is 14.6 Å².